The first kappa shape index (κ1) is 26.6. The number of halogens is 1. The molecule has 0 amide bonds. The van der Waals surface area contributed by atoms with Crippen molar-refractivity contribution < 1.29 is 35.7 Å². The molecule has 0 saturated carbocycles. The molecular weight excluding hydrogens is 543 g/mol. The van der Waals surface area contributed by atoms with Gasteiger partial charge >= 0.3 is 19.3 Å². The number of hydrogen-bond acceptors (Lipinski definition) is 11. The topological polar surface area (TPSA) is 185 Å². The minimum Gasteiger partial charge on any atom is -0.463 e. The molecule has 3 rings (SSSR count). The van der Waals surface area contributed by atoms with E-state index in [-0.39, 0.29) is 5.75 Å². The number of aliphatic hydroxyl groups is 1. The van der Waals surface area contributed by atoms with Crippen LogP contribution < -0.4 is 21.5 Å². The Morgan fingerprint density at radius 1 is 1.39 bits per heavy atom. The number of ether oxygens (including phenoxy) is 2. The Balaban J connectivity index is 1.99. The van der Waals surface area contributed by atoms with Crippen molar-refractivity contribution in [1.29, 1.82) is 0 Å². The summed E-state index contributed by atoms with van der Waals surface area (Å²) >= 11 is 5.53. The molecule has 15 heteroatoms. The lowest BCUT2D eigenvalue weighted by atomic mass is 9.92. The molecule has 2 aromatic rings. The van der Waals surface area contributed by atoms with E-state index in [1.807, 2.05) is 10.4 Å². The highest BCUT2D eigenvalue weighted by atomic mass is 35.5. The second-order valence-electron chi connectivity index (χ2n) is 8.68. The van der Waals surface area contributed by atoms with Crippen molar-refractivity contribution >= 4 is 25.2 Å². The second-order valence-corrected chi connectivity index (χ2v) is 10.8. The summed E-state index contributed by atoms with van der Waals surface area (Å²) in [6, 6.07) is 7.68. The molecule has 0 spiro atoms. The first-order valence-electron chi connectivity index (χ1n) is 12.3. The zero-order valence-electron chi connectivity index (χ0n) is 22.6. The van der Waals surface area contributed by atoms with Crippen LogP contribution in [0.5, 0.6) is 5.75 Å². The third-order valence-electron chi connectivity index (χ3n) is 5.23. The number of nitrogens with zero attached hydrogens (tertiary/aromatic N) is 2. The number of aromatic nitrogens is 3. The van der Waals surface area contributed by atoms with Crippen LogP contribution in [0.4, 0.5) is 0 Å². The van der Waals surface area contributed by atoms with Gasteiger partial charge in [0.2, 0.25) is 0 Å². The average Bonchev–Trinajstić information content (AvgIpc) is 3.10. The summed E-state index contributed by atoms with van der Waals surface area (Å²) in [4.78, 5) is 38.2. The van der Waals surface area contributed by atoms with Crippen LogP contribution in [-0.2, 0) is 23.4 Å². The number of carbonyl (C=O) groups is 1. The number of aromatic amines is 1. The lowest BCUT2D eigenvalue weighted by Gasteiger charge is -2.27. The van der Waals surface area contributed by atoms with Crippen molar-refractivity contribution in [2.75, 3.05) is 12.7 Å². The molecule has 1 saturated heterocycles. The predicted molar refractivity (Wildman–Crippen MR) is 135 cm³/mol. The van der Waals surface area contributed by atoms with Gasteiger partial charge in [-0.1, -0.05) is 31.0 Å². The molecule has 1 aliphatic rings. The van der Waals surface area contributed by atoms with Gasteiger partial charge in [-0.15, -0.1) is 0 Å². The maximum Gasteiger partial charge on any atom is 0.380 e. The molecule has 2 heterocycles. The molecule has 0 radical (unpaired) electrons. The fraction of sp³-hybridized carbons (Fsp3) is 0.478. The number of nitrogens with one attached hydrogen (secondary N) is 1. The van der Waals surface area contributed by atoms with Crippen molar-refractivity contribution in [3.8, 4) is 17.0 Å². The number of para-hydroxylation sites is 1. The first-order chi connectivity index (χ1) is 18.6. The van der Waals surface area contributed by atoms with E-state index in [1.165, 1.54) is 19.1 Å². The number of aliphatic hydroxyl groups excluding tert-OH is 1. The van der Waals surface area contributed by atoms with E-state index in [0.29, 0.717) is 4.68 Å². The minimum atomic E-state index is -4.56. The van der Waals surface area contributed by atoms with Crippen molar-refractivity contribution in [2.45, 2.75) is 50.8 Å². The van der Waals surface area contributed by atoms with Gasteiger partial charge in [-0.25, -0.2) is 9.36 Å². The van der Waals surface area contributed by atoms with Crippen molar-refractivity contribution in [3.05, 3.63) is 57.4 Å². The monoisotopic (exact) mass is 572 g/mol. The Hall–Kier alpha value is -2.98. The van der Waals surface area contributed by atoms with Crippen LogP contribution in [0.25, 0.3) is 0 Å². The molecule has 13 nitrogen and oxygen atoms in total. The number of nitrogens with two attached hydrogens (primary N) is 1. The second kappa shape index (κ2) is 12.3. The Labute approximate surface area is 225 Å². The lowest BCUT2D eigenvalue weighted by molar-refractivity contribution is -0.151. The van der Waals surface area contributed by atoms with Crippen molar-refractivity contribution in [3.63, 3.8) is 0 Å². The number of hydrogen-bond donors (Lipinski definition) is 3. The van der Waals surface area contributed by atoms with E-state index in [9.17, 15) is 24.1 Å². The number of H-pyrrole nitrogens is 1. The molecule has 1 unspecified atom stereocenters. The van der Waals surface area contributed by atoms with Crippen LogP contribution in [0.2, 0.25) is 0 Å². The molecule has 0 bridgehead atoms. The molecule has 1 aromatic carbocycles. The summed E-state index contributed by atoms with van der Waals surface area (Å²) in [5.41, 5.74) is 2.03. The Bertz CT molecular complexity index is 1450. The van der Waals surface area contributed by atoms with E-state index in [1.54, 1.807) is 32.0 Å². The highest BCUT2D eigenvalue weighted by Crippen LogP contribution is 2.51. The maximum absolute atomic E-state index is 14.0. The van der Waals surface area contributed by atoms with Crippen molar-refractivity contribution in [2.24, 2.45) is 11.7 Å². The highest BCUT2D eigenvalue weighted by Gasteiger charge is 2.56. The molecule has 6 atom stereocenters. The molecule has 1 aliphatic heterocycles. The normalized spacial score (nSPS) is 26.3. The molecule has 38 heavy (non-hydrogen) atoms. The lowest BCUT2D eigenvalue weighted by Crippen LogP contribution is -2.55. The highest BCUT2D eigenvalue weighted by molar-refractivity contribution is 7.54. The van der Waals surface area contributed by atoms with E-state index in [2.05, 4.69) is 11.0 Å². The standard InChI is InChI=1S/C23H28ClN4O9P/c1-14(2)35-20(31)15(3)13-38(33,37-16-7-5-4-6-8-16)34-12-17-19(30)23(25,9-10-24)21(36-17)28-22(32)27-18(29)11-26-28/h4-8,11,14-15,17,19,21,30H,12-13,25H2,1-3H3,(H,27,29,32)/t15-,17-,19+,21-,23?,38+/m1/s1/i12D2. The summed E-state index contributed by atoms with van der Waals surface area (Å²) in [6.07, 6.45) is -6.24. The summed E-state index contributed by atoms with van der Waals surface area (Å²) in [5.74, 6) is 0.530. The van der Waals surface area contributed by atoms with Gasteiger partial charge in [0.05, 0.1) is 27.5 Å². The smallest absolute Gasteiger partial charge is 0.380 e. The first-order valence-corrected chi connectivity index (χ1v) is 13.4. The molecule has 206 valence electrons. The predicted octanol–water partition coefficient (Wildman–Crippen LogP) is 0.963. The zero-order valence-corrected chi connectivity index (χ0v) is 22.2. The summed E-state index contributed by atoms with van der Waals surface area (Å²) < 4.78 is 53.4. The van der Waals surface area contributed by atoms with E-state index < -0.39 is 73.5 Å². The largest absolute Gasteiger partial charge is 0.463 e. The van der Waals surface area contributed by atoms with Crippen LogP contribution in [0.3, 0.4) is 0 Å². The van der Waals surface area contributed by atoms with Gasteiger partial charge in [0, 0.05) is 5.38 Å². The zero-order chi connectivity index (χ0) is 29.9. The molecular formula is C23H28ClN4O9P. The van der Waals surface area contributed by atoms with Gasteiger partial charge in [0.15, 0.2) is 11.8 Å². The quantitative estimate of drug-likeness (QED) is 0.209. The molecule has 1 aromatic heterocycles. The van der Waals surface area contributed by atoms with Crippen LogP contribution in [-0.4, -0.2) is 62.4 Å². The SMILES string of the molecule is [2H]C([2H])(O[P@@](=O)(C[C@@H](C)C(=O)OC(C)C)Oc1ccccc1)[C@H]1O[C@@H](n2ncc(=O)[nH]c2=O)C(N)(C#CCl)[C@H]1O. The molecule has 0 aliphatic carbocycles. The number of rotatable bonds is 10. The van der Waals surface area contributed by atoms with Crippen LogP contribution in [0.15, 0.2) is 46.1 Å². The Morgan fingerprint density at radius 2 is 2.08 bits per heavy atom. The molecule has 1 fully saturated rings. The van der Waals surface area contributed by atoms with Gasteiger partial charge in [-0.05, 0) is 37.6 Å². The number of esters is 1. The summed E-state index contributed by atoms with van der Waals surface area (Å²) in [7, 11) is -4.56. The van der Waals surface area contributed by atoms with Gasteiger partial charge < -0.3 is 24.8 Å². The fourth-order valence-corrected chi connectivity index (χ4v) is 5.32. The Morgan fingerprint density at radius 3 is 2.68 bits per heavy atom. The van der Waals surface area contributed by atoms with Crippen LogP contribution in [0, 0.1) is 17.2 Å². The van der Waals surface area contributed by atoms with Gasteiger partial charge in [0.1, 0.15) is 24.2 Å². The third-order valence-corrected chi connectivity index (χ3v) is 7.19. The van der Waals surface area contributed by atoms with E-state index in [0.717, 1.165) is 6.20 Å². The average molecular weight is 573 g/mol. The minimum absolute atomic E-state index is 0.0435. The number of benzene rings is 1. The number of carbonyl (C=O) groups excluding carboxylic acids is 1. The summed E-state index contributed by atoms with van der Waals surface area (Å²) in [6.45, 7) is 1.52. The fourth-order valence-electron chi connectivity index (χ4n) is 3.45. The van der Waals surface area contributed by atoms with Gasteiger partial charge in [-0.2, -0.15) is 9.78 Å². The molecule has 4 N–H and O–H groups in total. The van der Waals surface area contributed by atoms with E-state index >= 15 is 0 Å². The Kier molecular flexibility index (Phi) is 8.58. The van der Waals surface area contributed by atoms with Crippen LogP contribution >= 0.6 is 19.2 Å². The van der Waals surface area contributed by atoms with Crippen molar-refractivity contribution in [1.82, 2.24) is 14.8 Å². The van der Waals surface area contributed by atoms with Gasteiger partial charge in [0.25, 0.3) is 5.56 Å². The maximum atomic E-state index is 14.0. The van der Waals surface area contributed by atoms with Gasteiger partial charge in [-0.3, -0.25) is 19.1 Å². The summed E-state index contributed by atoms with van der Waals surface area (Å²) in [5, 5.41) is 16.7. The van der Waals surface area contributed by atoms with E-state index in [4.69, 9.17) is 38.6 Å². The van der Waals surface area contributed by atoms with Crippen LogP contribution in [0.1, 0.15) is 29.7 Å². The third kappa shape index (κ3) is 6.91.